The first-order valence-corrected chi connectivity index (χ1v) is 19.9. The Morgan fingerprint density at radius 1 is 0.672 bits per heavy atom. The standard InChI is InChI=1S/C48H47N5O8/c1-32(54)60-43-41(29-58-27-33-11-7-5-8-12-33)61-47(44(43)59-28-34-15-21-38(55-2)22-16-34)53-31-51-42-45(49-30-50-46(42)53)52-48(35-13-9-6-10-14-35,36-17-23-39(56-3)24-18-36)37-19-25-40(57-4)26-20-37/h5-26,30-31,41,43-44,47H,27-29H2,1-4H3,(H,49,50,52)/t41-,43-,44-,47-/m1/s1. The molecule has 0 bridgehead atoms. The van der Waals surface area contributed by atoms with Crippen molar-refractivity contribution >= 4 is 23.0 Å². The number of rotatable bonds is 17. The van der Waals surface area contributed by atoms with Crippen LogP contribution in [0.1, 0.15) is 41.0 Å². The minimum absolute atomic E-state index is 0.128. The van der Waals surface area contributed by atoms with E-state index in [0.29, 0.717) is 23.6 Å². The molecule has 5 aromatic carbocycles. The summed E-state index contributed by atoms with van der Waals surface area (Å²) in [6.07, 6.45) is 0.00901. The Morgan fingerprint density at radius 2 is 1.23 bits per heavy atom. The van der Waals surface area contributed by atoms with Crippen LogP contribution in [-0.2, 0) is 42.5 Å². The number of carbonyl (C=O) groups is 1. The van der Waals surface area contributed by atoms with Crippen LogP contribution >= 0.6 is 0 Å². The molecule has 3 heterocycles. The van der Waals surface area contributed by atoms with Crippen LogP contribution < -0.4 is 19.5 Å². The van der Waals surface area contributed by atoms with Gasteiger partial charge in [-0.25, -0.2) is 15.0 Å². The summed E-state index contributed by atoms with van der Waals surface area (Å²) < 4.78 is 43.9. The van der Waals surface area contributed by atoms with Crippen LogP contribution in [0.5, 0.6) is 17.2 Å². The molecule has 7 aromatic rings. The quantitative estimate of drug-likeness (QED) is 0.0707. The zero-order valence-electron chi connectivity index (χ0n) is 34.3. The summed E-state index contributed by atoms with van der Waals surface area (Å²) >= 11 is 0. The molecule has 61 heavy (non-hydrogen) atoms. The Kier molecular flexibility index (Phi) is 12.5. The second kappa shape index (κ2) is 18.6. The zero-order valence-corrected chi connectivity index (χ0v) is 34.3. The van der Waals surface area contributed by atoms with Gasteiger partial charge >= 0.3 is 5.97 Å². The van der Waals surface area contributed by atoms with E-state index in [2.05, 4.69) is 17.4 Å². The molecular weight excluding hydrogens is 775 g/mol. The molecule has 0 aliphatic carbocycles. The van der Waals surface area contributed by atoms with Gasteiger partial charge < -0.3 is 38.5 Å². The highest BCUT2D eigenvalue weighted by Crippen LogP contribution is 2.43. The van der Waals surface area contributed by atoms with Gasteiger partial charge in [0.15, 0.2) is 29.3 Å². The maximum absolute atomic E-state index is 12.7. The lowest BCUT2D eigenvalue weighted by Crippen LogP contribution is -2.39. The predicted octanol–water partition coefficient (Wildman–Crippen LogP) is 7.89. The van der Waals surface area contributed by atoms with Crippen molar-refractivity contribution < 1.29 is 38.0 Å². The van der Waals surface area contributed by atoms with Crippen LogP contribution in [0.4, 0.5) is 5.82 Å². The molecule has 1 fully saturated rings. The van der Waals surface area contributed by atoms with Crippen LogP contribution in [0.15, 0.2) is 146 Å². The van der Waals surface area contributed by atoms with Crippen LogP contribution in [0.2, 0.25) is 0 Å². The van der Waals surface area contributed by atoms with Gasteiger partial charge in [-0.3, -0.25) is 9.36 Å². The molecule has 2 aromatic heterocycles. The minimum atomic E-state index is -0.986. The summed E-state index contributed by atoms with van der Waals surface area (Å²) in [6, 6.07) is 43.5. The average Bonchev–Trinajstić information content (AvgIpc) is 3.89. The van der Waals surface area contributed by atoms with E-state index in [1.807, 2.05) is 121 Å². The summed E-state index contributed by atoms with van der Waals surface area (Å²) in [6.45, 7) is 2.04. The Morgan fingerprint density at radius 3 is 1.82 bits per heavy atom. The molecule has 4 atom stereocenters. The van der Waals surface area contributed by atoms with Gasteiger partial charge in [0.2, 0.25) is 0 Å². The summed E-state index contributed by atoms with van der Waals surface area (Å²) in [5.41, 5.74) is 4.65. The number of nitrogens with one attached hydrogen (secondary N) is 1. The van der Waals surface area contributed by atoms with Crippen molar-refractivity contribution in [2.45, 2.75) is 50.2 Å². The summed E-state index contributed by atoms with van der Waals surface area (Å²) in [4.78, 5) is 27.2. The Labute approximate surface area is 354 Å². The molecule has 1 saturated heterocycles. The molecule has 0 saturated carbocycles. The van der Waals surface area contributed by atoms with E-state index < -0.39 is 36.0 Å². The monoisotopic (exact) mass is 821 g/mol. The highest BCUT2D eigenvalue weighted by atomic mass is 16.6. The van der Waals surface area contributed by atoms with E-state index in [4.69, 9.17) is 48.1 Å². The van der Waals surface area contributed by atoms with Gasteiger partial charge in [0.05, 0.1) is 47.5 Å². The van der Waals surface area contributed by atoms with E-state index in [1.54, 1.807) is 32.2 Å². The number of esters is 1. The van der Waals surface area contributed by atoms with Crippen molar-refractivity contribution in [2.24, 2.45) is 0 Å². The number of hydrogen-bond acceptors (Lipinski definition) is 12. The Balaban J connectivity index is 1.20. The van der Waals surface area contributed by atoms with E-state index in [-0.39, 0.29) is 13.2 Å². The van der Waals surface area contributed by atoms with Crippen LogP contribution in [0, 0.1) is 0 Å². The minimum Gasteiger partial charge on any atom is -0.497 e. The molecule has 0 spiro atoms. The van der Waals surface area contributed by atoms with Gasteiger partial charge in [-0.1, -0.05) is 97.1 Å². The molecule has 0 radical (unpaired) electrons. The fourth-order valence-corrected chi connectivity index (χ4v) is 7.75. The second-order valence-corrected chi connectivity index (χ2v) is 14.5. The first-order chi connectivity index (χ1) is 29.9. The topological polar surface area (TPSA) is 137 Å². The molecule has 1 aliphatic rings. The maximum atomic E-state index is 12.7. The normalized spacial score (nSPS) is 17.5. The van der Waals surface area contributed by atoms with E-state index in [9.17, 15) is 4.79 Å². The number of aromatic nitrogens is 4. The molecular formula is C48H47N5O8. The van der Waals surface area contributed by atoms with Gasteiger partial charge in [0, 0.05) is 6.92 Å². The van der Waals surface area contributed by atoms with Crippen molar-refractivity contribution in [3.63, 3.8) is 0 Å². The van der Waals surface area contributed by atoms with Gasteiger partial charge in [0.1, 0.15) is 41.3 Å². The van der Waals surface area contributed by atoms with Crippen molar-refractivity contribution in [3.05, 3.63) is 174 Å². The third-order valence-electron chi connectivity index (χ3n) is 10.8. The maximum Gasteiger partial charge on any atom is 0.303 e. The lowest BCUT2D eigenvalue weighted by atomic mass is 9.77. The highest BCUT2D eigenvalue weighted by Gasteiger charge is 2.49. The van der Waals surface area contributed by atoms with Crippen molar-refractivity contribution in [1.82, 2.24) is 19.5 Å². The highest BCUT2D eigenvalue weighted by molar-refractivity contribution is 5.84. The number of hydrogen-bond donors (Lipinski definition) is 1. The first-order valence-electron chi connectivity index (χ1n) is 19.9. The number of nitrogens with zero attached hydrogens (tertiary/aromatic N) is 4. The van der Waals surface area contributed by atoms with Gasteiger partial charge in [-0.2, -0.15) is 0 Å². The number of methoxy groups -OCH3 is 3. The SMILES string of the molecule is COc1ccc(CO[C@@H]2[C@H](OC(C)=O)[C@@H](COCc3ccccc3)O[C@H]2n2cnc3c(NC(c4ccccc4)(c4ccc(OC)cc4)c4ccc(OC)cc4)ncnc32)cc1. The number of imidazole rings is 1. The van der Waals surface area contributed by atoms with Gasteiger partial charge in [-0.15, -0.1) is 0 Å². The Bertz CT molecular complexity index is 2450. The van der Waals surface area contributed by atoms with Crippen LogP contribution in [0.25, 0.3) is 11.2 Å². The van der Waals surface area contributed by atoms with Crippen LogP contribution in [0.3, 0.4) is 0 Å². The fraction of sp³-hybridized carbons (Fsp3) is 0.250. The molecule has 312 valence electrons. The first kappa shape index (κ1) is 41.0. The van der Waals surface area contributed by atoms with E-state index >= 15 is 0 Å². The predicted molar refractivity (Wildman–Crippen MR) is 228 cm³/mol. The summed E-state index contributed by atoms with van der Waals surface area (Å²) in [5.74, 6) is 2.16. The lowest BCUT2D eigenvalue weighted by molar-refractivity contribution is -0.157. The van der Waals surface area contributed by atoms with Crippen LogP contribution in [-0.4, -0.2) is 71.7 Å². The van der Waals surface area contributed by atoms with E-state index in [0.717, 1.165) is 45.1 Å². The number of fused-ring (bicyclic) bond motifs is 1. The molecule has 0 unspecified atom stereocenters. The third kappa shape index (κ3) is 8.76. The number of ether oxygens (including phenoxy) is 7. The van der Waals surface area contributed by atoms with Crippen molar-refractivity contribution in [1.29, 1.82) is 0 Å². The van der Waals surface area contributed by atoms with Gasteiger partial charge in [0.25, 0.3) is 0 Å². The summed E-state index contributed by atoms with van der Waals surface area (Å²) in [5, 5.41) is 3.84. The molecule has 0 amide bonds. The molecule has 8 rings (SSSR count). The number of anilines is 1. The zero-order chi connectivity index (χ0) is 42.2. The Hall–Kier alpha value is -6.80. The fourth-order valence-electron chi connectivity index (χ4n) is 7.75. The lowest BCUT2D eigenvalue weighted by Gasteiger charge is -2.37. The molecule has 1 aliphatic heterocycles. The van der Waals surface area contributed by atoms with Gasteiger partial charge in [-0.05, 0) is 64.2 Å². The molecule has 13 heteroatoms. The van der Waals surface area contributed by atoms with Crippen molar-refractivity contribution in [2.75, 3.05) is 33.3 Å². The largest absolute Gasteiger partial charge is 0.497 e. The summed E-state index contributed by atoms with van der Waals surface area (Å²) in [7, 11) is 4.91. The van der Waals surface area contributed by atoms with E-state index in [1.165, 1.54) is 13.3 Å². The third-order valence-corrected chi connectivity index (χ3v) is 10.8. The number of benzene rings is 5. The molecule has 1 N–H and O–H groups in total. The molecule has 13 nitrogen and oxygen atoms in total. The average molecular weight is 822 g/mol. The second-order valence-electron chi connectivity index (χ2n) is 14.5. The number of carbonyl (C=O) groups excluding carboxylic acids is 1. The van der Waals surface area contributed by atoms with Crippen molar-refractivity contribution in [3.8, 4) is 17.2 Å². The smallest absolute Gasteiger partial charge is 0.303 e.